The maximum atomic E-state index is 14.1. The fourth-order valence-electron chi connectivity index (χ4n) is 5.82. The fraction of sp³-hybridized carbons (Fsp3) is 0.344. The number of hydrogen-bond acceptors (Lipinski definition) is 8. The summed E-state index contributed by atoms with van der Waals surface area (Å²) < 4.78 is 4.75. The molecule has 0 radical (unpaired) electrons. The molecule has 1 fully saturated rings. The summed E-state index contributed by atoms with van der Waals surface area (Å²) in [6.45, 7) is 5.30. The number of aromatic nitrogens is 8. The normalized spacial score (nSPS) is 13.4. The van der Waals surface area contributed by atoms with Gasteiger partial charge >= 0.3 is 5.69 Å². The SMILES string of the molecule is CCCn1c(=O)n(C2CC2)c(=O)c2[nH]c(-c3cnc(N(CCN(C)C)C(=O)c4ccc5nnc(C)n5c4)c4ccccc34)nc21. The number of aryl methyl sites for hydroxylation is 2. The Morgan fingerprint density at radius 3 is 2.56 bits per heavy atom. The molecule has 7 rings (SSSR count). The van der Waals surface area contributed by atoms with Crippen molar-refractivity contribution in [3.05, 3.63) is 81.0 Å². The molecule has 5 heterocycles. The van der Waals surface area contributed by atoms with E-state index in [0.717, 1.165) is 30.0 Å². The number of fused-ring (bicyclic) bond motifs is 3. The third-order valence-corrected chi connectivity index (χ3v) is 8.29. The van der Waals surface area contributed by atoms with E-state index >= 15 is 0 Å². The van der Waals surface area contributed by atoms with Gasteiger partial charge in [-0.25, -0.2) is 14.8 Å². The zero-order valence-electron chi connectivity index (χ0n) is 25.7. The third-order valence-electron chi connectivity index (χ3n) is 8.29. The van der Waals surface area contributed by atoms with Gasteiger partial charge in [0.05, 0.1) is 5.56 Å². The van der Waals surface area contributed by atoms with Crippen molar-refractivity contribution < 1.29 is 4.79 Å². The number of aromatic amines is 1. The molecule has 13 heteroatoms. The van der Waals surface area contributed by atoms with Crippen molar-refractivity contribution in [2.45, 2.75) is 45.7 Å². The standard InChI is InChI=1S/C32H34N10O3/c1-5-14-40-29-26(31(44)42(32(40)45)21-11-12-21)34-27(35-29)24-17-33-28(23-9-7-6-8-22(23)24)39(16-15-38(3)4)30(43)20-10-13-25-37-36-19(2)41(25)18-20/h6-10,13,17-18,21H,5,11-12,14-16H2,1-4H3,(H,34,35). The van der Waals surface area contributed by atoms with Gasteiger partial charge in [-0.15, -0.1) is 10.2 Å². The average Bonchev–Trinajstić information content (AvgIpc) is 3.66. The second-order valence-electron chi connectivity index (χ2n) is 11.8. The highest BCUT2D eigenvalue weighted by atomic mass is 16.2. The number of hydrogen-bond donors (Lipinski definition) is 1. The van der Waals surface area contributed by atoms with Gasteiger partial charge in [-0.05, 0) is 57.8 Å². The van der Waals surface area contributed by atoms with Crippen molar-refractivity contribution in [1.29, 1.82) is 0 Å². The number of benzene rings is 1. The quantitative estimate of drug-likeness (QED) is 0.264. The van der Waals surface area contributed by atoms with Crippen molar-refractivity contribution >= 4 is 39.3 Å². The minimum atomic E-state index is -0.349. The Bertz CT molecular complexity index is 2220. The van der Waals surface area contributed by atoms with Crippen molar-refractivity contribution in [3.63, 3.8) is 0 Å². The van der Waals surface area contributed by atoms with E-state index < -0.39 is 0 Å². The predicted molar refractivity (Wildman–Crippen MR) is 172 cm³/mol. The molecule has 5 aromatic heterocycles. The number of nitrogens with one attached hydrogen (secondary N) is 1. The second-order valence-corrected chi connectivity index (χ2v) is 11.8. The summed E-state index contributed by atoms with van der Waals surface area (Å²) in [5, 5.41) is 9.82. The van der Waals surface area contributed by atoms with Gasteiger partial charge in [-0.3, -0.25) is 28.0 Å². The molecule has 230 valence electrons. The van der Waals surface area contributed by atoms with E-state index in [1.165, 1.54) is 4.57 Å². The Hall–Kier alpha value is -5.17. The van der Waals surface area contributed by atoms with E-state index in [4.69, 9.17) is 9.97 Å². The summed E-state index contributed by atoms with van der Waals surface area (Å²) in [5.74, 6) is 1.43. The van der Waals surface area contributed by atoms with E-state index in [9.17, 15) is 14.4 Å². The van der Waals surface area contributed by atoms with Gasteiger partial charge in [0, 0.05) is 49.0 Å². The summed E-state index contributed by atoms with van der Waals surface area (Å²) in [7, 11) is 3.92. The van der Waals surface area contributed by atoms with Crippen LogP contribution < -0.4 is 16.1 Å². The van der Waals surface area contributed by atoms with Crippen LogP contribution in [0, 0.1) is 6.92 Å². The monoisotopic (exact) mass is 606 g/mol. The first-order chi connectivity index (χ1) is 21.8. The summed E-state index contributed by atoms with van der Waals surface area (Å²) in [4.78, 5) is 57.5. The average molecular weight is 607 g/mol. The number of H-pyrrole nitrogens is 1. The number of nitrogens with zero attached hydrogens (tertiary/aromatic N) is 9. The van der Waals surface area contributed by atoms with Crippen molar-refractivity contribution in [3.8, 4) is 11.4 Å². The molecule has 45 heavy (non-hydrogen) atoms. The summed E-state index contributed by atoms with van der Waals surface area (Å²) in [6.07, 6.45) is 5.80. The number of likely N-dealkylation sites (N-methyl/N-ethyl adjacent to an activating group) is 1. The maximum Gasteiger partial charge on any atom is 0.333 e. The summed E-state index contributed by atoms with van der Waals surface area (Å²) in [5.41, 5.74) is 1.80. The summed E-state index contributed by atoms with van der Waals surface area (Å²) in [6, 6.07) is 11.2. The zero-order chi connectivity index (χ0) is 31.4. The van der Waals surface area contributed by atoms with Crippen LogP contribution in [0.2, 0.25) is 0 Å². The molecule has 1 aliphatic rings. The molecular formula is C32H34N10O3. The van der Waals surface area contributed by atoms with E-state index in [2.05, 4.69) is 15.2 Å². The molecule has 0 unspecified atom stereocenters. The molecular weight excluding hydrogens is 572 g/mol. The van der Waals surface area contributed by atoms with Gasteiger partial charge in [0.15, 0.2) is 11.3 Å². The molecule has 0 bridgehead atoms. The number of carbonyl (C=O) groups is 1. The van der Waals surface area contributed by atoms with Crippen molar-refractivity contribution in [2.75, 3.05) is 32.1 Å². The largest absolute Gasteiger partial charge is 0.333 e. The number of rotatable bonds is 9. The Morgan fingerprint density at radius 2 is 1.82 bits per heavy atom. The van der Waals surface area contributed by atoms with E-state index in [1.807, 2.05) is 57.1 Å². The van der Waals surface area contributed by atoms with Crippen LogP contribution in [-0.2, 0) is 6.54 Å². The highest BCUT2D eigenvalue weighted by molar-refractivity contribution is 6.11. The smallest absolute Gasteiger partial charge is 0.332 e. The molecule has 1 N–H and O–H groups in total. The molecule has 6 aromatic rings. The van der Waals surface area contributed by atoms with Crippen LogP contribution in [0.25, 0.3) is 39.0 Å². The van der Waals surface area contributed by atoms with Crippen LogP contribution in [0.5, 0.6) is 0 Å². The molecule has 1 amide bonds. The predicted octanol–water partition coefficient (Wildman–Crippen LogP) is 3.41. The van der Waals surface area contributed by atoms with E-state index in [-0.39, 0.29) is 23.2 Å². The number of amides is 1. The third kappa shape index (κ3) is 4.89. The molecule has 13 nitrogen and oxygen atoms in total. The van der Waals surface area contributed by atoms with Gasteiger partial charge in [-0.2, -0.15) is 0 Å². The molecule has 1 aromatic carbocycles. The highest BCUT2D eigenvalue weighted by Gasteiger charge is 2.30. The first-order valence-electron chi connectivity index (χ1n) is 15.2. The topological polar surface area (TPSA) is 139 Å². The number of pyridine rings is 2. The second kappa shape index (κ2) is 11.1. The Balaban J connectivity index is 1.37. The highest BCUT2D eigenvalue weighted by Crippen LogP contribution is 2.34. The Morgan fingerprint density at radius 1 is 1.04 bits per heavy atom. The molecule has 1 aliphatic carbocycles. The lowest BCUT2D eigenvalue weighted by Crippen LogP contribution is -2.39. The van der Waals surface area contributed by atoms with Crippen LogP contribution in [-0.4, -0.2) is 76.7 Å². The van der Waals surface area contributed by atoms with Crippen molar-refractivity contribution in [1.82, 2.24) is 43.6 Å². The molecule has 0 atom stereocenters. The molecule has 1 saturated carbocycles. The maximum absolute atomic E-state index is 14.1. The Kier molecular flexibility index (Phi) is 7.04. The first kappa shape index (κ1) is 28.6. The number of imidazole rings is 1. The summed E-state index contributed by atoms with van der Waals surface area (Å²) >= 11 is 0. The van der Waals surface area contributed by atoms with Gasteiger partial charge in [0.2, 0.25) is 0 Å². The lowest BCUT2D eigenvalue weighted by molar-refractivity contribution is 0.0984. The van der Waals surface area contributed by atoms with Gasteiger partial charge < -0.3 is 9.88 Å². The van der Waals surface area contributed by atoms with Crippen LogP contribution in [0.3, 0.4) is 0 Å². The van der Waals surface area contributed by atoms with Crippen LogP contribution in [0.4, 0.5) is 5.82 Å². The van der Waals surface area contributed by atoms with Gasteiger partial charge in [0.25, 0.3) is 11.5 Å². The van der Waals surface area contributed by atoms with Crippen LogP contribution in [0.15, 0.2) is 58.4 Å². The van der Waals surface area contributed by atoms with Crippen LogP contribution >= 0.6 is 0 Å². The van der Waals surface area contributed by atoms with Gasteiger partial charge in [0.1, 0.15) is 23.0 Å². The zero-order valence-corrected chi connectivity index (χ0v) is 25.7. The molecule has 0 spiro atoms. The lowest BCUT2D eigenvalue weighted by Gasteiger charge is -2.25. The van der Waals surface area contributed by atoms with E-state index in [0.29, 0.717) is 65.0 Å². The fourth-order valence-corrected chi connectivity index (χ4v) is 5.82. The first-order valence-corrected chi connectivity index (χ1v) is 15.2. The minimum absolute atomic E-state index is 0.0635. The van der Waals surface area contributed by atoms with Crippen molar-refractivity contribution in [2.24, 2.45) is 0 Å². The number of carbonyl (C=O) groups excluding carboxylic acids is 1. The number of anilines is 1. The lowest BCUT2D eigenvalue weighted by atomic mass is 10.1. The minimum Gasteiger partial charge on any atom is -0.332 e. The molecule has 0 saturated heterocycles. The van der Waals surface area contributed by atoms with Crippen LogP contribution in [0.1, 0.15) is 48.4 Å². The van der Waals surface area contributed by atoms with E-state index in [1.54, 1.807) is 38.4 Å². The van der Waals surface area contributed by atoms with Gasteiger partial charge in [-0.1, -0.05) is 31.2 Å². The Labute approximate surface area is 257 Å². The molecule has 0 aliphatic heterocycles.